The summed E-state index contributed by atoms with van der Waals surface area (Å²) in [4.78, 5) is 7.27. The van der Waals surface area contributed by atoms with Gasteiger partial charge in [-0.15, -0.1) is 0 Å². The van der Waals surface area contributed by atoms with Crippen LogP contribution in [-0.2, 0) is 0 Å². The Morgan fingerprint density at radius 3 is 2.55 bits per heavy atom. The average molecular weight is 160 g/mol. The molecule has 0 bridgehead atoms. The molecule has 1 aromatic rings. The van der Waals surface area contributed by atoms with Gasteiger partial charge in [-0.05, 0) is 6.92 Å². The van der Waals surface area contributed by atoms with Crippen molar-refractivity contribution in [1.29, 1.82) is 0 Å². The van der Waals surface area contributed by atoms with Crippen LogP contribution < -0.4 is 4.74 Å². The summed E-state index contributed by atoms with van der Waals surface area (Å²) >= 11 is 0. The normalized spacial score (nSPS) is 10.2. The third-order valence-corrected chi connectivity index (χ3v) is 1.04. The molecule has 11 heavy (non-hydrogen) atoms. The molecular formula is C6H6F2N2O. The molecule has 0 aliphatic carbocycles. The minimum absolute atomic E-state index is 0.123. The van der Waals surface area contributed by atoms with Crippen molar-refractivity contribution in [1.82, 2.24) is 9.97 Å². The lowest BCUT2D eigenvalue weighted by Gasteiger charge is -2.03. The standard InChI is InChI=1S/C6H6F2N2O/c1-4-5(11-6(7)8)10-3-2-9-4/h2-3,6H,1H3. The Balaban J connectivity index is 2.78. The second kappa shape index (κ2) is 3.23. The first-order valence-electron chi connectivity index (χ1n) is 2.92. The summed E-state index contributed by atoms with van der Waals surface area (Å²) in [5.74, 6) is -0.123. The number of alkyl halides is 2. The third kappa shape index (κ3) is 2.10. The Hall–Kier alpha value is -1.26. The molecule has 1 rings (SSSR count). The monoisotopic (exact) mass is 160 g/mol. The van der Waals surface area contributed by atoms with Crippen LogP contribution in [0.2, 0.25) is 0 Å². The van der Waals surface area contributed by atoms with Crippen molar-refractivity contribution in [2.24, 2.45) is 0 Å². The molecule has 3 nitrogen and oxygen atoms in total. The molecule has 0 N–H and O–H groups in total. The van der Waals surface area contributed by atoms with Gasteiger partial charge in [0.25, 0.3) is 0 Å². The summed E-state index contributed by atoms with van der Waals surface area (Å²) in [5, 5.41) is 0. The zero-order valence-corrected chi connectivity index (χ0v) is 5.79. The molecule has 0 amide bonds. The van der Waals surface area contributed by atoms with E-state index in [9.17, 15) is 8.78 Å². The quantitative estimate of drug-likeness (QED) is 0.655. The van der Waals surface area contributed by atoms with Gasteiger partial charge < -0.3 is 4.74 Å². The van der Waals surface area contributed by atoms with Crippen molar-refractivity contribution in [3.05, 3.63) is 18.1 Å². The van der Waals surface area contributed by atoms with E-state index < -0.39 is 6.61 Å². The summed E-state index contributed by atoms with van der Waals surface area (Å²) in [5.41, 5.74) is 0.354. The smallest absolute Gasteiger partial charge is 0.388 e. The fourth-order valence-electron chi connectivity index (χ4n) is 0.595. The second-order valence-corrected chi connectivity index (χ2v) is 1.83. The number of halogens is 2. The number of aromatic nitrogens is 2. The topological polar surface area (TPSA) is 35.0 Å². The highest BCUT2D eigenvalue weighted by molar-refractivity contribution is 5.14. The van der Waals surface area contributed by atoms with Crippen molar-refractivity contribution >= 4 is 0 Å². The molecule has 1 aromatic heterocycles. The van der Waals surface area contributed by atoms with Gasteiger partial charge >= 0.3 is 6.61 Å². The van der Waals surface area contributed by atoms with Crippen LogP contribution in [0.4, 0.5) is 8.78 Å². The largest absolute Gasteiger partial charge is 0.415 e. The molecule has 5 heteroatoms. The summed E-state index contributed by atoms with van der Waals surface area (Å²) in [7, 11) is 0. The molecule has 0 aromatic carbocycles. The van der Waals surface area contributed by atoms with Crippen molar-refractivity contribution in [2.75, 3.05) is 0 Å². The maximum atomic E-state index is 11.6. The molecule has 0 aliphatic heterocycles. The van der Waals surface area contributed by atoms with Crippen LogP contribution in [0.15, 0.2) is 12.4 Å². The zero-order chi connectivity index (χ0) is 8.27. The van der Waals surface area contributed by atoms with Gasteiger partial charge in [-0.1, -0.05) is 0 Å². The van der Waals surface area contributed by atoms with Gasteiger partial charge in [0.2, 0.25) is 5.88 Å². The van der Waals surface area contributed by atoms with Crippen molar-refractivity contribution in [2.45, 2.75) is 13.5 Å². The van der Waals surface area contributed by atoms with Gasteiger partial charge in [-0.3, -0.25) is 4.98 Å². The summed E-state index contributed by atoms with van der Waals surface area (Å²) in [6.07, 6.45) is 2.71. The maximum Gasteiger partial charge on any atom is 0.388 e. The maximum absolute atomic E-state index is 11.6. The predicted octanol–water partition coefficient (Wildman–Crippen LogP) is 1.39. The van der Waals surface area contributed by atoms with Crippen LogP contribution in [0, 0.1) is 6.92 Å². The highest BCUT2D eigenvalue weighted by Crippen LogP contribution is 2.11. The van der Waals surface area contributed by atoms with E-state index in [1.807, 2.05) is 0 Å². The van der Waals surface area contributed by atoms with Gasteiger partial charge in [0.1, 0.15) is 0 Å². The first-order chi connectivity index (χ1) is 5.20. The molecule has 0 spiro atoms. The highest BCUT2D eigenvalue weighted by Gasteiger charge is 2.07. The number of ether oxygens (including phenoxy) is 1. The lowest BCUT2D eigenvalue weighted by Crippen LogP contribution is -2.05. The van der Waals surface area contributed by atoms with Gasteiger partial charge in [0, 0.05) is 12.4 Å². The molecule has 0 atom stereocenters. The van der Waals surface area contributed by atoms with Crippen LogP contribution in [-0.4, -0.2) is 16.6 Å². The Morgan fingerprint density at radius 1 is 1.36 bits per heavy atom. The second-order valence-electron chi connectivity index (χ2n) is 1.83. The molecule has 1 heterocycles. The molecule has 0 radical (unpaired) electrons. The number of nitrogens with zero attached hydrogens (tertiary/aromatic N) is 2. The van der Waals surface area contributed by atoms with E-state index in [4.69, 9.17) is 0 Å². The molecule has 0 fully saturated rings. The number of aryl methyl sites for hydroxylation is 1. The van der Waals surface area contributed by atoms with Gasteiger partial charge in [0.05, 0.1) is 5.69 Å². The molecule has 0 saturated heterocycles. The summed E-state index contributed by atoms with van der Waals surface area (Å²) < 4.78 is 27.3. The first kappa shape index (κ1) is 7.84. The fraction of sp³-hybridized carbons (Fsp3) is 0.333. The SMILES string of the molecule is Cc1nccnc1OC(F)F. The average Bonchev–Trinajstić information content (AvgIpc) is 1.93. The van der Waals surface area contributed by atoms with Crippen molar-refractivity contribution in [3.63, 3.8) is 0 Å². The zero-order valence-electron chi connectivity index (χ0n) is 5.79. The minimum Gasteiger partial charge on any atom is -0.415 e. The molecule has 60 valence electrons. The lowest BCUT2D eigenvalue weighted by atomic mass is 10.5. The summed E-state index contributed by atoms with van der Waals surface area (Å²) in [6, 6.07) is 0. The highest BCUT2D eigenvalue weighted by atomic mass is 19.3. The Morgan fingerprint density at radius 2 is 2.00 bits per heavy atom. The lowest BCUT2D eigenvalue weighted by molar-refractivity contribution is -0.0536. The van der Waals surface area contributed by atoms with Gasteiger partial charge in [0.15, 0.2) is 0 Å². The Bertz CT molecular complexity index is 242. The van der Waals surface area contributed by atoms with Crippen molar-refractivity contribution in [3.8, 4) is 5.88 Å². The van der Waals surface area contributed by atoms with Crippen LogP contribution in [0.5, 0.6) is 5.88 Å². The first-order valence-corrected chi connectivity index (χ1v) is 2.92. The Kier molecular flexibility index (Phi) is 2.30. The third-order valence-electron chi connectivity index (χ3n) is 1.04. The number of hydrogen-bond acceptors (Lipinski definition) is 3. The minimum atomic E-state index is -2.84. The number of rotatable bonds is 2. The fourth-order valence-corrected chi connectivity index (χ4v) is 0.595. The van der Waals surface area contributed by atoms with Crippen LogP contribution in [0.3, 0.4) is 0 Å². The number of hydrogen-bond donors (Lipinski definition) is 0. The molecule has 0 aliphatic rings. The molecule has 0 unspecified atom stereocenters. The summed E-state index contributed by atoms with van der Waals surface area (Å²) in [6.45, 7) is -1.30. The Labute approximate surface area is 62.0 Å². The van der Waals surface area contributed by atoms with E-state index in [1.54, 1.807) is 6.92 Å². The van der Waals surface area contributed by atoms with Crippen molar-refractivity contribution < 1.29 is 13.5 Å². The van der Waals surface area contributed by atoms with E-state index in [0.717, 1.165) is 0 Å². The van der Waals surface area contributed by atoms with Gasteiger partial charge in [-0.25, -0.2) is 4.98 Å². The van der Waals surface area contributed by atoms with Crippen LogP contribution in [0.25, 0.3) is 0 Å². The van der Waals surface area contributed by atoms with Gasteiger partial charge in [-0.2, -0.15) is 8.78 Å². The van der Waals surface area contributed by atoms with E-state index >= 15 is 0 Å². The van der Waals surface area contributed by atoms with E-state index in [-0.39, 0.29) is 5.88 Å². The van der Waals surface area contributed by atoms with E-state index in [1.165, 1.54) is 12.4 Å². The van der Waals surface area contributed by atoms with E-state index in [2.05, 4.69) is 14.7 Å². The van der Waals surface area contributed by atoms with Crippen LogP contribution >= 0.6 is 0 Å². The molecule has 0 saturated carbocycles. The molecular weight excluding hydrogens is 154 g/mol. The van der Waals surface area contributed by atoms with E-state index in [0.29, 0.717) is 5.69 Å². The predicted molar refractivity (Wildman–Crippen MR) is 33.4 cm³/mol. The van der Waals surface area contributed by atoms with Crippen LogP contribution in [0.1, 0.15) is 5.69 Å².